The van der Waals surface area contributed by atoms with E-state index in [2.05, 4.69) is 38.5 Å². The van der Waals surface area contributed by atoms with Gasteiger partial charge in [-0.2, -0.15) is 0 Å². The monoisotopic (exact) mass is 308 g/mol. The van der Waals surface area contributed by atoms with Gasteiger partial charge in [0.15, 0.2) is 0 Å². The van der Waals surface area contributed by atoms with E-state index in [1.807, 2.05) is 0 Å². The molecule has 1 saturated carbocycles. The minimum absolute atomic E-state index is 0.418. The second-order valence-electron chi connectivity index (χ2n) is 2.10. The van der Waals surface area contributed by atoms with Gasteiger partial charge in [-0.15, -0.1) is 11.6 Å². The molecule has 0 amide bonds. The van der Waals surface area contributed by atoms with E-state index in [1.54, 1.807) is 0 Å². The van der Waals surface area contributed by atoms with Crippen LogP contribution in [-0.4, -0.2) is 14.1 Å². The van der Waals surface area contributed by atoms with Crippen LogP contribution in [0.25, 0.3) is 0 Å². The Kier molecular flexibility index (Phi) is 2.91. The van der Waals surface area contributed by atoms with Crippen molar-refractivity contribution in [3.63, 3.8) is 0 Å². The third-order valence-electron chi connectivity index (χ3n) is 1.35. The Bertz CT molecular complexity index is 78.5. The molecule has 0 bridgehead atoms. The zero-order chi connectivity index (χ0) is 6.15. The zero-order valence-electron chi connectivity index (χ0n) is 4.28. The van der Waals surface area contributed by atoms with Crippen LogP contribution in [0.1, 0.15) is 12.8 Å². The van der Waals surface area contributed by atoms with E-state index in [-0.39, 0.29) is 0 Å². The quantitative estimate of drug-likeness (QED) is 0.477. The largest absolute Gasteiger partial charge is 0.123 e. The van der Waals surface area contributed by atoms with Crippen LogP contribution in [-0.2, 0) is 0 Å². The van der Waals surface area contributed by atoms with Gasteiger partial charge in [-0.3, -0.25) is 0 Å². The third kappa shape index (κ3) is 1.74. The first-order chi connectivity index (χ1) is 3.70. The topological polar surface area (TPSA) is 0 Å². The van der Waals surface area contributed by atoms with Crippen molar-refractivity contribution in [2.24, 2.45) is 0 Å². The molecule has 0 heterocycles. The van der Waals surface area contributed by atoms with E-state index < -0.39 is 0 Å². The molecule has 0 aliphatic heterocycles. The van der Waals surface area contributed by atoms with Crippen molar-refractivity contribution < 1.29 is 0 Å². The van der Waals surface area contributed by atoms with Crippen LogP contribution in [0.5, 0.6) is 0 Å². The third-order valence-corrected chi connectivity index (χ3v) is 5.09. The Labute approximate surface area is 76.6 Å². The van der Waals surface area contributed by atoms with E-state index in [9.17, 15) is 0 Å². The van der Waals surface area contributed by atoms with Crippen LogP contribution in [0, 0.1) is 0 Å². The highest BCUT2D eigenvalue weighted by atomic mass is 127. The Morgan fingerprint density at radius 3 is 2.25 bits per heavy atom. The molecule has 3 heteroatoms. The molecule has 3 unspecified atom stereocenters. The van der Waals surface area contributed by atoms with Crippen LogP contribution < -0.4 is 0 Å². The summed E-state index contributed by atoms with van der Waals surface area (Å²) in [6.07, 6.45) is 2.30. The fourth-order valence-electron chi connectivity index (χ4n) is 0.880. The van der Waals surface area contributed by atoms with E-state index in [4.69, 9.17) is 11.6 Å². The molecule has 0 nitrogen and oxygen atoms in total. The first-order valence-corrected chi connectivity index (χ1v) is 5.22. The summed E-state index contributed by atoms with van der Waals surface area (Å²) in [6.45, 7) is 0. The maximum Gasteiger partial charge on any atom is 0.0357 e. The second kappa shape index (κ2) is 3.06. The van der Waals surface area contributed by atoms with Gasteiger partial charge in [0, 0.05) is 14.1 Å². The number of rotatable bonds is 0. The summed E-state index contributed by atoms with van der Waals surface area (Å²) in [4.78, 5) is 0.658. The number of halogens is 3. The Morgan fingerprint density at radius 2 is 2.12 bits per heavy atom. The van der Waals surface area contributed by atoms with Gasteiger partial charge in [-0.1, -0.05) is 38.5 Å². The molecule has 1 rings (SSSR count). The van der Waals surface area contributed by atoms with Gasteiger partial charge in [0.2, 0.25) is 0 Å². The van der Waals surface area contributed by atoms with E-state index in [1.165, 1.54) is 0 Å². The van der Waals surface area contributed by atoms with Crippen LogP contribution >= 0.6 is 50.1 Å². The smallest absolute Gasteiger partial charge is 0.0357 e. The molecular weight excluding hydrogens is 302 g/mol. The van der Waals surface area contributed by atoms with Gasteiger partial charge in [0.25, 0.3) is 0 Å². The van der Waals surface area contributed by atoms with Crippen molar-refractivity contribution in [1.29, 1.82) is 0 Å². The average molecular weight is 309 g/mol. The fourth-order valence-corrected chi connectivity index (χ4v) is 3.35. The SMILES string of the molecule is ClC1CC(Br)C(I)C1. The predicted octanol–water partition coefficient (Wildman–Crippen LogP) is 2.95. The second-order valence-corrected chi connectivity index (χ2v) is 5.49. The van der Waals surface area contributed by atoms with Crippen LogP contribution in [0.15, 0.2) is 0 Å². The number of hydrogen-bond donors (Lipinski definition) is 0. The van der Waals surface area contributed by atoms with Gasteiger partial charge in [-0.05, 0) is 12.8 Å². The molecule has 0 N–H and O–H groups in total. The molecule has 0 saturated heterocycles. The van der Waals surface area contributed by atoms with Crippen molar-refractivity contribution in [2.45, 2.75) is 27.0 Å². The molecule has 1 fully saturated rings. The summed E-state index contributed by atoms with van der Waals surface area (Å²) in [5.74, 6) is 0. The summed E-state index contributed by atoms with van der Waals surface area (Å²) in [5, 5.41) is 0.418. The summed E-state index contributed by atoms with van der Waals surface area (Å²) < 4.78 is 0.745. The molecule has 0 aromatic carbocycles. The van der Waals surface area contributed by atoms with Gasteiger partial charge in [0.05, 0.1) is 0 Å². The van der Waals surface area contributed by atoms with Crippen LogP contribution in [0.4, 0.5) is 0 Å². The Hall–Kier alpha value is 1.50. The van der Waals surface area contributed by atoms with Crippen LogP contribution in [0.3, 0.4) is 0 Å². The van der Waals surface area contributed by atoms with Crippen molar-refractivity contribution >= 4 is 50.1 Å². The maximum atomic E-state index is 5.87. The standard InChI is InChI=1S/C5H7BrClI/c6-4-1-3(7)2-5(4)8/h3-5H,1-2H2. The molecule has 48 valence electrons. The summed E-state index contributed by atoms with van der Waals surface area (Å²) in [5.41, 5.74) is 0. The minimum atomic E-state index is 0.418. The van der Waals surface area contributed by atoms with Crippen molar-refractivity contribution in [1.82, 2.24) is 0 Å². The number of alkyl halides is 3. The first kappa shape index (κ1) is 7.61. The van der Waals surface area contributed by atoms with E-state index in [0.717, 1.165) is 16.8 Å². The molecule has 0 aromatic heterocycles. The summed E-state index contributed by atoms with van der Waals surface area (Å²) >= 11 is 11.9. The first-order valence-electron chi connectivity index (χ1n) is 2.62. The van der Waals surface area contributed by atoms with Gasteiger partial charge < -0.3 is 0 Å². The van der Waals surface area contributed by atoms with Crippen LogP contribution in [0.2, 0.25) is 0 Å². The molecule has 0 aromatic rings. The molecular formula is C5H7BrClI. The molecule has 0 spiro atoms. The summed E-state index contributed by atoms with van der Waals surface area (Å²) in [6, 6.07) is 0. The normalized spacial score (nSPS) is 47.6. The molecule has 8 heavy (non-hydrogen) atoms. The predicted molar refractivity (Wildman–Crippen MR) is 49.4 cm³/mol. The Balaban J connectivity index is 2.39. The highest BCUT2D eigenvalue weighted by Crippen LogP contribution is 2.34. The van der Waals surface area contributed by atoms with E-state index in [0.29, 0.717) is 10.2 Å². The van der Waals surface area contributed by atoms with Gasteiger partial charge in [-0.25, -0.2) is 0 Å². The highest BCUT2D eigenvalue weighted by molar-refractivity contribution is 14.1. The lowest BCUT2D eigenvalue weighted by molar-refractivity contribution is 0.905. The Morgan fingerprint density at radius 1 is 1.50 bits per heavy atom. The molecule has 1 aliphatic rings. The highest BCUT2D eigenvalue weighted by Gasteiger charge is 2.28. The average Bonchev–Trinajstić information content (AvgIpc) is 1.85. The lowest BCUT2D eigenvalue weighted by Crippen LogP contribution is -2.01. The van der Waals surface area contributed by atoms with Gasteiger partial charge in [0.1, 0.15) is 0 Å². The fraction of sp³-hybridized carbons (Fsp3) is 1.00. The molecule has 3 atom stereocenters. The zero-order valence-corrected chi connectivity index (χ0v) is 8.78. The summed E-state index contributed by atoms with van der Waals surface area (Å²) in [7, 11) is 0. The van der Waals surface area contributed by atoms with Crippen molar-refractivity contribution in [3.05, 3.63) is 0 Å². The minimum Gasteiger partial charge on any atom is -0.123 e. The molecule has 0 radical (unpaired) electrons. The maximum absolute atomic E-state index is 5.87. The van der Waals surface area contributed by atoms with E-state index >= 15 is 0 Å². The lowest BCUT2D eigenvalue weighted by Gasteiger charge is -2.00. The van der Waals surface area contributed by atoms with Gasteiger partial charge >= 0.3 is 0 Å². The lowest BCUT2D eigenvalue weighted by atomic mass is 10.4. The molecule has 1 aliphatic carbocycles. The van der Waals surface area contributed by atoms with Crippen molar-refractivity contribution in [3.8, 4) is 0 Å². The number of hydrogen-bond acceptors (Lipinski definition) is 0. The van der Waals surface area contributed by atoms with Crippen molar-refractivity contribution in [2.75, 3.05) is 0 Å².